The number of fused-ring (bicyclic) bond motifs is 3. The third-order valence-electron chi connectivity index (χ3n) is 20.6. The van der Waals surface area contributed by atoms with Gasteiger partial charge in [0.25, 0.3) is 11.8 Å². The van der Waals surface area contributed by atoms with Crippen molar-refractivity contribution >= 4 is 166 Å². The van der Waals surface area contributed by atoms with Crippen LogP contribution in [0.15, 0.2) is 41.8 Å². The molecule has 3 saturated heterocycles. The fraction of sp³-hybridized carbons (Fsp3) is 0.567. The Hall–Kier alpha value is -6.73. The summed E-state index contributed by atoms with van der Waals surface area (Å²) in [6, 6.07) is 12.0. The fourth-order valence-corrected chi connectivity index (χ4v) is 19.4. The maximum Gasteiger partial charge on any atom is 0.271 e. The molecule has 15 N–H and O–H groups in total. The number of thiophene rings is 3. The molecule has 9 aromatic rings. The van der Waals surface area contributed by atoms with Gasteiger partial charge >= 0.3 is 0 Å². The number of aliphatic hydroxyl groups is 4. The molecule has 532 valence electrons. The van der Waals surface area contributed by atoms with Crippen LogP contribution in [0.5, 0.6) is 0 Å². The molecule has 27 nitrogen and oxygen atoms in total. The number of anilines is 10. The van der Waals surface area contributed by atoms with E-state index in [0.717, 1.165) is 173 Å². The maximum atomic E-state index is 13.9. The molecule has 6 fully saturated rings. The number of nitrogens with one attached hydrogen (secondary N) is 11. The summed E-state index contributed by atoms with van der Waals surface area (Å²) in [7, 11) is 0. The van der Waals surface area contributed by atoms with Crippen LogP contribution in [0.2, 0.25) is 0 Å². The number of amides is 2. The normalized spacial score (nSPS) is 26.0. The second kappa shape index (κ2) is 29.6. The van der Waals surface area contributed by atoms with Crippen LogP contribution in [0, 0.1) is 5.92 Å². The van der Waals surface area contributed by atoms with Gasteiger partial charge in [-0.15, -0.1) is 34.0 Å². The van der Waals surface area contributed by atoms with Crippen LogP contribution in [0.1, 0.15) is 180 Å². The summed E-state index contributed by atoms with van der Waals surface area (Å²) < 4.78 is 16.5. The highest BCUT2D eigenvalue weighted by molar-refractivity contribution is 7.23. The molecular weight excluding hydrogens is 1390 g/mol. The molecular formula is C67H87N21O6S6. The van der Waals surface area contributed by atoms with Gasteiger partial charge in [0.1, 0.15) is 50.1 Å². The average Bonchev–Trinajstić information content (AvgIpc) is 1.71. The van der Waals surface area contributed by atoms with Crippen molar-refractivity contribution in [2.45, 2.75) is 196 Å². The molecule has 3 aliphatic heterocycles. The van der Waals surface area contributed by atoms with E-state index in [9.17, 15) is 30.0 Å². The number of piperidine rings is 3. The number of nitrogens with zero attached hydrogens (tertiary/aromatic N) is 10. The Morgan fingerprint density at radius 1 is 0.570 bits per heavy atom. The Morgan fingerprint density at radius 2 is 1.09 bits per heavy atom. The Morgan fingerprint density at radius 3 is 1.66 bits per heavy atom. The highest BCUT2D eigenvalue weighted by atomic mass is 32.1. The topological polar surface area (TPSA) is 367 Å². The average molecular weight is 1470 g/mol. The van der Waals surface area contributed by atoms with Crippen LogP contribution in [0.3, 0.4) is 0 Å². The second-order valence-corrected chi connectivity index (χ2v) is 34.3. The Bertz CT molecular complexity index is 4330. The number of hydrogen-bond donors (Lipinski definition) is 15. The molecule has 3 saturated carbocycles. The van der Waals surface area contributed by atoms with E-state index in [2.05, 4.69) is 88.6 Å². The van der Waals surface area contributed by atoms with E-state index >= 15 is 0 Å². The molecule has 33 heteroatoms. The first kappa shape index (κ1) is 69.0. The molecule has 2 amide bonds. The van der Waals surface area contributed by atoms with E-state index in [-0.39, 0.29) is 48.1 Å². The van der Waals surface area contributed by atoms with Crippen molar-refractivity contribution in [1.29, 1.82) is 0 Å². The summed E-state index contributed by atoms with van der Waals surface area (Å²) in [5.74, 6) is 3.44. The fourth-order valence-electron chi connectivity index (χ4n) is 14.4. The molecule has 0 bridgehead atoms. The van der Waals surface area contributed by atoms with Gasteiger partial charge in [-0.05, 0) is 214 Å². The summed E-state index contributed by atoms with van der Waals surface area (Å²) in [5, 5.41) is 86.6. The minimum Gasteiger partial charge on any atom is -0.390 e. The van der Waals surface area contributed by atoms with Crippen LogP contribution in [-0.4, -0.2) is 162 Å². The number of carbonyl (C=O) groups excluding carboxylic acids is 2. The lowest BCUT2D eigenvalue weighted by Gasteiger charge is -2.34. The second-order valence-electron chi connectivity index (χ2n) is 28.8. The summed E-state index contributed by atoms with van der Waals surface area (Å²) in [6.07, 6.45) is 13.4. The van der Waals surface area contributed by atoms with Gasteiger partial charge in [0.15, 0.2) is 0 Å². The molecule has 9 aromatic heterocycles. The molecule has 0 radical (unpaired) electrons. The van der Waals surface area contributed by atoms with Crippen LogP contribution in [0.4, 0.5) is 55.3 Å². The lowest BCUT2D eigenvalue weighted by molar-refractivity contribution is 0.0192. The Kier molecular flexibility index (Phi) is 20.4. The molecule has 6 aliphatic rings. The molecule has 3 atom stereocenters. The number of aromatic nitrogens is 9. The zero-order valence-electron chi connectivity index (χ0n) is 56.2. The number of carbonyl (C=O) groups is 2. The van der Waals surface area contributed by atoms with Crippen molar-refractivity contribution in [3.63, 3.8) is 0 Å². The van der Waals surface area contributed by atoms with Gasteiger partial charge in [0.2, 0.25) is 17.8 Å². The summed E-state index contributed by atoms with van der Waals surface area (Å²) in [6.45, 7) is 10.3. The molecule has 3 aliphatic carbocycles. The SMILES string of the molecule is C[C@]1(O)CC[C@H](Nc2nc(Nc3cc(C(O)NC4CCN(c5cc6nc(Nc7cc(C(=O)N[C@@H]8CCC(c9cc%10nc(Nc%11cc(C(=O)NCC%12CCNCC%12)ns%11)nc(N[C@H]%11CC[C@](C)(O)CC%11)c%10s9)NC8)ns7)nc(N[C@H]7CC[C@](C)(O)CC7)c6s5)CC4)ns3)nc3ccsc23)CC1. The third-order valence-corrected chi connectivity index (χ3v) is 26.0. The minimum absolute atomic E-state index is 0.0272. The predicted molar refractivity (Wildman–Crippen MR) is 400 cm³/mol. The van der Waals surface area contributed by atoms with Crippen LogP contribution in [-0.2, 0) is 0 Å². The third kappa shape index (κ3) is 16.7. The monoisotopic (exact) mass is 1470 g/mol. The van der Waals surface area contributed by atoms with Gasteiger partial charge in [0, 0.05) is 85.5 Å². The molecule has 0 spiro atoms. The lowest BCUT2D eigenvalue weighted by atomic mass is 9.84. The standard InChI is InChI=1S/C67H87N21O6S6/c1-65(92)17-6-36(7-18-65)71-56-53-42(16-27-95-53)76-62(82-56)79-50-30-46(86-99-50)60(90)74-39-14-25-88(26-15-39)52-32-44-55(97-52)58(73-38-10-21-67(3,94)22-11-38)84-64(78-44)81-51-31-47(87-100-51)61(91)75-40-4-5-41(69-34-40)48-28-43-54(96-48)57(72-37-8-19-66(2,93)20-9-37)83-63(77-43)80-49-29-45(85-98-49)59(89)70-33-35-12-23-68-24-13-35/h16,27-32,35-41,60,68-69,74,90,92-94H,4-15,17-26,33-34H2,1-3H3,(H,70,89)(H,75,91)(H2,71,76,79,82)(H2,72,77,80,83)(H2,73,78,81,84)/t36-,37-,38-,40-,41?,60?,65-,66-,67-/m1/s1. The summed E-state index contributed by atoms with van der Waals surface area (Å²) in [4.78, 5) is 60.2. The quantitative estimate of drug-likeness (QED) is 0.0280. The van der Waals surface area contributed by atoms with E-state index in [1.165, 1.54) is 34.6 Å². The van der Waals surface area contributed by atoms with Crippen molar-refractivity contribution < 1.29 is 30.0 Å². The predicted octanol–water partition coefficient (Wildman–Crippen LogP) is 10.8. The first-order valence-electron chi connectivity index (χ1n) is 35.1. The van der Waals surface area contributed by atoms with Crippen LogP contribution < -0.4 is 63.4 Å². The van der Waals surface area contributed by atoms with Gasteiger partial charge in [-0.3, -0.25) is 14.9 Å². The minimum atomic E-state index is -0.967. The van der Waals surface area contributed by atoms with E-state index in [4.69, 9.17) is 29.9 Å². The lowest BCUT2D eigenvalue weighted by Crippen LogP contribution is -2.46. The number of hydrogen-bond acceptors (Lipinski definition) is 31. The first-order chi connectivity index (χ1) is 48.3. The number of rotatable bonds is 22. The molecule has 0 aromatic carbocycles. The maximum absolute atomic E-state index is 13.9. The van der Waals surface area contributed by atoms with E-state index in [1.54, 1.807) is 46.1 Å². The van der Waals surface area contributed by atoms with Crippen LogP contribution in [0.25, 0.3) is 30.6 Å². The van der Waals surface area contributed by atoms with E-state index < -0.39 is 23.0 Å². The highest BCUT2D eigenvalue weighted by Crippen LogP contribution is 2.43. The van der Waals surface area contributed by atoms with Gasteiger partial charge < -0.3 is 78.5 Å². The van der Waals surface area contributed by atoms with Gasteiger partial charge in [-0.25, -0.2) is 15.0 Å². The first-order valence-corrected chi connectivity index (χ1v) is 39.9. The largest absolute Gasteiger partial charge is 0.390 e. The van der Waals surface area contributed by atoms with Crippen molar-refractivity contribution in [3.8, 4) is 0 Å². The summed E-state index contributed by atoms with van der Waals surface area (Å²) in [5.41, 5.74) is 1.60. The van der Waals surface area contributed by atoms with Crippen LogP contribution >= 0.6 is 68.6 Å². The summed E-state index contributed by atoms with van der Waals surface area (Å²) >= 11 is 8.53. The van der Waals surface area contributed by atoms with E-state index in [1.807, 2.05) is 38.3 Å². The Labute approximate surface area is 603 Å². The molecule has 12 heterocycles. The van der Waals surface area contributed by atoms with E-state index in [0.29, 0.717) is 95.4 Å². The van der Waals surface area contributed by atoms with Gasteiger partial charge in [0.05, 0.1) is 58.1 Å². The Balaban J connectivity index is 0.562. The molecule has 2 unspecified atom stereocenters. The van der Waals surface area contributed by atoms with Gasteiger partial charge in [-0.2, -0.15) is 28.1 Å². The molecule has 100 heavy (non-hydrogen) atoms. The van der Waals surface area contributed by atoms with Crippen molar-refractivity contribution in [1.82, 2.24) is 69.6 Å². The van der Waals surface area contributed by atoms with Crippen molar-refractivity contribution in [2.75, 3.05) is 76.1 Å². The smallest absolute Gasteiger partial charge is 0.271 e. The van der Waals surface area contributed by atoms with Crippen molar-refractivity contribution in [3.05, 3.63) is 63.7 Å². The zero-order chi connectivity index (χ0) is 68.7. The number of aliphatic hydroxyl groups excluding tert-OH is 1. The molecule has 15 rings (SSSR count). The van der Waals surface area contributed by atoms with Gasteiger partial charge in [-0.1, -0.05) is 0 Å². The highest BCUT2D eigenvalue weighted by Gasteiger charge is 2.35. The van der Waals surface area contributed by atoms with Crippen molar-refractivity contribution in [2.24, 2.45) is 5.92 Å². The zero-order valence-corrected chi connectivity index (χ0v) is 61.1.